The van der Waals surface area contributed by atoms with E-state index in [2.05, 4.69) is 0 Å². The van der Waals surface area contributed by atoms with Crippen molar-refractivity contribution in [1.29, 1.82) is 0 Å². The zero-order chi connectivity index (χ0) is 16.7. The number of sulfone groups is 1. The molecule has 0 saturated carbocycles. The van der Waals surface area contributed by atoms with Crippen molar-refractivity contribution in [2.24, 2.45) is 0 Å². The maximum absolute atomic E-state index is 12.8. The highest BCUT2D eigenvalue weighted by atomic mass is 35.5. The highest BCUT2D eigenvalue weighted by molar-refractivity contribution is 7.94. The zero-order valence-electron chi connectivity index (χ0n) is 11.3. The summed E-state index contributed by atoms with van der Waals surface area (Å²) in [4.78, 5) is 12.1. The predicted octanol–water partition coefficient (Wildman–Crippen LogP) is 2.85. The number of alkyl halides is 3. The Bertz CT molecular complexity index is 743. The second-order valence-corrected chi connectivity index (χ2v) is 7.17. The summed E-state index contributed by atoms with van der Waals surface area (Å²) >= 11 is 5.88. The van der Waals surface area contributed by atoms with Gasteiger partial charge in [-0.3, -0.25) is 9.69 Å². The minimum absolute atomic E-state index is 0.107. The van der Waals surface area contributed by atoms with Crippen LogP contribution in [0.1, 0.15) is 5.56 Å². The van der Waals surface area contributed by atoms with Crippen molar-refractivity contribution in [2.75, 3.05) is 10.7 Å². The van der Waals surface area contributed by atoms with Crippen LogP contribution in [0.2, 0.25) is 5.02 Å². The number of nitrogens with zero attached hydrogens (tertiary/aromatic N) is 1. The predicted molar refractivity (Wildman–Crippen MR) is 76.4 cm³/mol. The maximum atomic E-state index is 12.8. The van der Waals surface area contributed by atoms with Crippen molar-refractivity contribution in [3.05, 3.63) is 40.3 Å². The van der Waals surface area contributed by atoms with Crippen molar-refractivity contribution in [2.45, 2.75) is 19.1 Å². The van der Waals surface area contributed by atoms with Gasteiger partial charge in [-0.05, 0) is 30.7 Å². The number of aryl methyl sites for hydroxylation is 1. The van der Waals surface area contributed by atoms with Gasteiger partial charge in [0.25, 0.3) is 0 Å². The summed E-state index contributed by atoms with van der Waals surface area (Å²) in [6.45, 7) is 1.65. The van der Waals surface area contributed by atoms with Crippen molar-refractivity contribution in [3.8, 4) is 0 Å². The smallest absolute Gasteiger partial charge is 0.297 e. The molecule has 0 aliphatic carbocycles. The van der Waals surface area contributed by atoms with Crippen LogP contribution in [-0.2, 0) is 14.6 Å². The molecule has 4 nitrogen and oxygen atoms in total. The molecule has 0 bridgehead atoms. The lowest BCUT2D eigenvalue weighted by molar-refractivity contribution is -0.170. The molecule has 0 N–H and O–H groups in total. The lowest BCUT2D eigenvalue weighted by Gasteiger charge is -2.28. The molecule has 1 atom stereocenters. The van der Waals surface area contributed by atoms with E-state index >= 15 is 0 Å². The summed E-state index contributed by atoms with van der Waals surface area (Å²) in [5.41, 5.74) is 0.518. The van der Waals surface area contributed by atoms with Crippen molar-refractivity contribution in [3.63, 3.8) is 0 Å². The van der Waals surface area contributed by atoms with E-state index in [4.69, 9.17) is 11.6 Å². The molecule has 0 saturated heterocycles. The number of carbonyl (C=O) groups excluding carboxylic acids is 1. The first kappa shape index (κ1) is 16.8. The second-order valence-electron chi connectivity index (χ2n) is 4.83. The quantitative estimate of drug-likeness (QED) is 0.821. The lowest BCUT2D eigenvalue weighted by Crippen LogP contribution is -2.47. The van der Waals surface area contributed by atoms with Gasteiger partial charge in [-0.2, -0.15) is 13.2 Å². The fourth-order valence-electron chi connectivity index (χ4n) is 2.05. The largest absolute Gasteiger partial charge is 0.471 e. The molecule has 9 heteroatoms. The molecule has 1 heterocycles. The molecular formula is C13H11ClF3NO3S. The van der Waals surface area contributed by atoms with E-state index in [1.807, 2.05) is 0 Å². The van der Waals surface area contributed by atoms with Crippen LogP contribution < -0.4 is 4.90 Å². The number of rotatable bonds is 2. The van der Waals surface area contributed by atoms with Gasteiger partial charge in [-0.15, -0.1) is 0 Å². The van der Waals surface area contributed by atoms with Gasteiger partial charge in [0, 0.05) is 16.1 Å². The second kappa shape index (κ2) is 5.58. The van der Waals surface area contributed by atoms with E-state index in [0.717, 1.165) is 11.5 Å². The fraction of sp³-hybridized carbons (Fsp3) is 0.308. The SMILES string of the molecule is Cc1ccc(N(C(=O)C(F)(F)F)C2C=CS(=O)(=O)C2)cc1Cl. The number of hydrogen-bond donors (Lipinski definition) is 0. The lowest BCUT2D eigenvalue weighted by atomic mass is 10.1. The first-order chi connectivity index (χ1) is 10.0. The summed E-state index contributed by atoms with van der Waals surface area (Å²) in [6, 6.07) is 2.74. The van der Waals surface area contributed by atoms with E-state index < -0.39 is 33.7 Å². The van der Waals surface area contributed by atoms with Crippen LogP contribution in [0.25, 0.3) is 0 Å². The van der Waals surface area contributed by atoms with Gasteiger partial charge < -0.3 is 0 Å². The number of hydrogen-bond acceptors (Lipinski definition) is 3. The summed E-state index contributed by atoms with van der Waals surface area (Å²) < 4.78 is 61.3. The van der Waals surface area contributed by atoms with Crippen LogP contribution in [0, 0.1) is 6.92 Å². The van der Waals surface area contributed by atoms with Crippen LogP contribution in [0.5, 0.6) is 0 Å². The first-order valence-electron chi connectivity index (χ1n) is 6.09. The molecule has 1 aromatic rings. The summed E-state index contributed by atoms with van der Waals surface area (Å²) in [6.07, 6.45) is -4.07. The van der Waals surface area contributed by atoms with Crippen LogP contribution in [0.3, 0.4) is 0 Å². The molecule has 120 valence electrons. The standard InChI is InChI=1S/C13H11ClF3NO3S/c1-8-2-3-9(6-11(8)14)18(12(19)13(15,16)17)10-4-5-22(20,21)7-10/h2-6,10H,7H2,1H3. The molecule has 1 aromatic carbocycles. The Kier molecular flexibility index (Phi) is 4.27. The number of carbonyl (C=O) groups is 1. The Balaban J connectivity index is 2.49. The molecule has 1 unspecified atom stereocenters. The Labute approximate surface area is 130 Å². The molecule has 0 aromatic heterocycles. The molecule has 1 aliphatic rings. The van der Waals surface area contributed by atoms with Gasteiger partial charge in [0.2, 0.25) is 0 Å². The highest BCUT2D eigenvalue weighted by Crippen LogP contribution is 2.31. The van der Waals surface area contributed by atoms with Crippen molar-refractivity contribution in [1.82, 2.24) is 0 Å². The summed E-state index contributed by atoms with van der Waals surface area (Å²) in [5.74, 6) is -2.74. The third kappa shape index (κ3) is 3.44. The van der Waals surface area contributed by atoms with Crippen LogP contribution in [0.4, 0.5) is 18.9 Å². The number of benzene rings is 1. The van der Waals surface area contributed by atoms with E-state index in [1.165, 1.54) is 18.2 Å². The topological polar surface area (TPSA) is 54.5 Å². The van der Waals surface area contributed by atoms with Gasteiger partial charge in [-0.1, -0.05) is 17.7 Å². The minimum atomic E-state index is -5.13. The Morgan fingerprint density at radius 3 is 2.45 bits per heavy atom. The van der Waals surface area contributed by atoms with Crippen LogP contribution in [0.15, 0.2) is 29.7 Å². The van der Waals surface area contributed by atoms with E-state index in [-0.39, 0.29) is 10.7 Å². The Morgan fingerprint density at radius 2 is 2.00 bits per heavy atom. The first-order valence-corrected chi connectivity index (χ1v) is 8.18. The molecule has 2 rings (SSSR count). The van der Waals surface area contributed by atoms with Gasteiger partial charge in [0.05, 0.1) is 11.8 Å². The Hall–Kier alpha value is -1.54. The average molecular weight is 354 g/mol. The number of halogens is 4. The van der Waals surface area contributed by atoms with E-state index in [1.54, 1.807) is 6.92 Å². The van der Waals surface area contributed by atoms with Gasteiger partial charge in [0.1, 0.15) is 0 Å². The Morgan fingerprint density at radius 1 is 1.36 bits per heavy atom. The summed E-state index contributed by atoms with van der Waals surface area (Å²) in [7, 11) is -3.62. The van der Waals surface area contributed by atoms with Crippen LogP contribution in [-0.4, -0.2) is 32.3 Å². The normalized spacial score (nSPS) is 20.1. The average Bonchev–Trinajstić information content (AvgIpc) is 2.73. The molecule has 0 radical (unpaired) electrons. The van der Waals surface area contributed by atoms with Gasteiger partial charge in [-0.25, -0.2) is 8.42 Å². The van der Waals surface area contributed by atoms with Crippen LogP contribution >= 0.6 is 11.6 Å². The molecule has 1 amide bonds. The fourth-order valence-corrected chi connectivity index (χ4v) is 3.49. The zero-order valence-corrected chi connectivity index (χ0v) is 12.8. The summed E-state index contributed by atoms with van der Waals surface area (Å²) in [5, 5.41) is 0.992. The molecule has 0 fully saturated rings. The van der Waals surface area contributed by atoms with E-state index in [0.29, 0.717) is 10.5 Å². The monoisotopic (exact) mass is 353 g/mol. The third-order valence-electron chi connectivity index (χ3n) is 3.14. The van der Waals surface area contributed by atoms with Crippen molar-refractivity contribution < 1.29 is 26.4 Å². The molecule has 22 heavy (non-hydrogen) atoms. The van der Waals surface area contributed by atoms with Gasteiger partial charge in [0.15, 0.2) is 9.84 Å². The highest BCUT2D eigenvalue weighted by Gasteiger charge is 2.46. The third-order valence-corrected chi connectivity index (χ3v) is 4.92. The molecule has 0 spiro atoms. The van der Waals surface area contributed by atoms with E-state index in [9.17, 15) is 26.4 Å². The maximum Gasteiger partial charge on any atom is 0.471 e. The van der Waals surface area contributed by atoms with Gasteiger partial charge >= 0.3 is 12.1 Å². The molecular weight excluding hydrogens is 343 g/mol. The molecule has 1 aliphatic heterocycles. The number of anilines is 1. The van der Waals surface area contributed by atoms with Crippen molar-refractivity contribution >= 4 is 33.0 Å². The minimum Gasteiger partial charge on any atom is -0.297 e. The number of amides is 1.